The fourth-order valence-corrected chi connectivity index (χ4v) is 3.91. The standard InChI is InChI=1S/C18H20BrN3O2/c1-10-6-13(11(2)19)16-14(7-10)18(23)21(3)17-15(16)8-20-22(17)12-4-5-24-9-12/h6-8,11-12H,4-5,9H2,1-3H3/t11?,12-/m0/s1/i3D3. The molecule has 2 atom stereocenters. The molecule has 1 saturated heterocycles. The number of hydrogen-bond donors (Lipinski definition) is 0. The smallest absolute Gasteiger partial charge is 0.259 e. The highest BCUT2D eigenvalue weighted by Gasteiger charge is 2.24. The van der Waals surface area contributed by atoms with E-state index in [-0.39, 0.29) is 10.9 Å². The van der Waals surface area contributed by atoms with Gasteiger partial charge in [0.15, 0.2) is 0 Å². The summed E-state index contributed by atoms with van der Waals surface area (Å²) >= 11 is 3.61. The van der Waals surface area contributed by atoms with Crippen molar-refractivity contribution in [3.05, 3.63) is 39.8 Å². The molecule has 126 valence electrons. The molecule has 3 aromatic rings. The molecule has 0 spiro atoms. The Balaban J connectivity index is 2.23. The molecule has 0 N–H and O–H groups in total. The third kappa shape index (κ3) is 2.24. The number of halogens is 1. The number of nitrogens with zero attached hydrogens (tertiary/aromatic N) is 3. The van der Waals surface area contributed by atoms with Gasteiger partial charge in [-0.25, -0.2) is 4.68 Å². The lowest BCUT2D eigenvalue weighted by atomic mass is 9.98. The van der Waals surface area contributed by atoms with E-state index < -0.39 is 12.5 Å². The second kappa shape index (κ2) is 5.70. The quantitative estimate of drug-likeness (QED) is 0.625. The number of hydrogen-bond acceptors (Lipinski definition) is 3. The van der Waals surface area contributed by atoms with Crippen molar-refractivity contribution in [3.63, 3.8) is 0 Å². The molecule has 0 amide bonds. The topological polar surface area (TPSA) is 49.0 Å². The molecule has 1 aliphatic heterocycles. The van der Waals surface area contributed by atoms with Crippen LogP contribution in [0.15, 0.2) is 23.1 Å². The summed E-state index contributed by atoms with van der Waals surface area (Å²) < 4.78 is 32.0. The average molecular weight is 393 g/mol. The Morgan fingerprint density at radius 1 is 1.46 bits per heavy atom. The maximum Gasteiger partial charge on any atom is 0.259 e. The van der Waals surface area contributed by atoms with Crippen LogP contribution in [0.5, 0.6) is 0 Å². The third-order valence-corrected chi connectivity index (χ3v) is 5.17. The normalized spacial score (nSPS) is 21.8. The molecule has 0 radical (unpaired) electrons. The van der Waals surface area contributed by atoms with Crippen LogP contribution in [0.1, 0.15) is 39.5 Å². The molecule has 0 bridgehead atoms. The van der Waals surface area contributed by atoms with Crippen LogP contribution in [0.4, 0.5) is 0 Å². The molecular formula is C18H20BrN3O2. The van der Waals surface area contributed by atoms with Crippen molar-refractivity contribution in [2.24, 2.45) is 6.98 Å². The van der Waals surface area contributed by atoms with Crippen LogP contribution >= 0.6 is 15.9 Å². The molecule has 24 heavy (non-hydrogen) atoms. The summed E-state index contributed by atoms with van der Waals surface area (Å²) in [6, 6.07) is 3.70. The highest BCUT2D eigenvalue weighted by molar-refractivity contribution is 9.09. The van der Waals surface area contributed by atoms with Crippen molar-refractivity contribution in [2.75, 3.05) is 13.2 Å². The number of alkyl halides is 1. The van der Waals surface area contributed by atoms with E-state index in [9.17, 15) is 4.79 Å². The summed E-state index contributed by atoms with van der Waals surface area (Å²) in [5.74, 6) is 0. The van der Waals surface area contributed by atoms with Gasteiger partial charge in [0.2, 0.25) is 0 Å². The molecule has 1 aliphatic rings. The second-order valence-corrected chi connectivity index (χ2v) is 7.75. The van der Waals surface area contributed by atoms with E-state index in [1.807, 2.05) is 19.9 Å². The third-order valence-electron chi connectivity index (χ3n) is 4.68. The van der Waals surface area contributed by atoms with Gasteiger partial charge in [-0.3, -0.25) is 9.36 Å². The van der Waals surface area contributed by atoms with Gasteiger partial charge < -0.3 is 4.74 Å². The van der Waals surface area contributed by atoms with E-state index in [0.29, 0.717) is 29.6 Å². The minimum absolute atomic E-state index is 0.00396. The highest BCUT2D eigenvalue weighted by atomic mass is 79.9. The summed E-state index contributed by atoms with van der Waals surface area (Å²) in [6.07, 6.45) is 2.41. The first-order chi connectivity index (χ1) is 12.7. The number of ether oxygens (including phenoxy) is 1. The molecule has 1 fully saturated rings. The predicted molar refractivity (Wildman–Crippen MR) is 99.0 cm³/mol. The number of aromatic nitrogens is 3. The zero-order valence-corrected chi connectivity index (χ0v) is 15.1. The molecule has 0 saturated carbocycles. The molecular weight excluding hydrogens is 370 g/mol. The van der Waals surface area contributed by atoms with Crippen molar-refractivity contribution < 1.29 is 8.85 Å². The van der Waals surface area contributed by atoms with Gasteiger partial charge in [0.1, 0.15) is 5.65 Å². The van der Waals surface area contributed by atoms with E-state index in [1.54, 1.807) is 16.9 Å². The van der Waals surface area contributed by atoms with Gasteiger partial charge in [0, 0.05) is 38.7 Å². The maximum absolute atomic E-state index is 13.3. The van der Waals surface area contributed by atoms with E-state index in [4.69, 9.17) is 8.85 Å². The van der Waals surface area contributed by atoms with Gasteiger partial charge in [-0.15, -0.1) is 0 Å². The Kier molecular flexibility index (Phi) is 3.01. The molecule has 1 aromatic carbocycles. The van der Waals surface area contributed by atoms with E-state index >= 15 is 0 Å². The van der Waals surface area contributed by atoms with Gasteiger partial charge in [0.05, 0.1) is 18.8 Å². The van der Waals surface area contributed by atoms with E-state index in [1.165, 1.54) is 0 Å². The zero-order chi connectivity index (χ0) is 19.5. The molecule has 2 aromatic heterocycles. The molecule has 1 unspecified atom stereocenters. The van der Waals surface area contributed by atoms with Crippen LogP contribution in [-0.2, 0) is 11.7 Å². The Bertz CT molecular complexity index is 1100. The lowest BCUT2D eigenvalue weighted by Gasteiger charge is -2.16. The van der Waals surface area contributed by atoms with Gasteiger partial charge in [-0.2, -0.15) is 5.10 Å². The van der Waals surface area contributed by atoms with Crippen LogP contribution in [0.3, 0.4) is 0 Å². The van der Waals surface area contributed by atoms with Crippen molar-refractivity contribution >= 4 is 37.7 Å². The number of pyridine rings is 1. The first kappa shape index (κ1) is 12.7. The molecule has 0 aliphatic carbocycles. The van der Waals surface area contributed by atoms with Crippen molar-refractivity contribution in [1.82, 2.24) is 14.3 Å². The van der Waals surface area contributed by atoms with Gasteiger partial charge in [0.25, 0.3) is 5.56 Å². The Hall–Kier alpha value is -1.66. The van der Waals surface area contributed by atoms with E-state index in [0.717, 1.165) is 27.5 Å². The number of benzene rings is 1. The van der Waals surface area contributed by atoms with E-state index in [2.05, 4.69) is 21.0 Å². The average Bonchev–Trinajstić information content (AvgIpc) is 3.22. The Labute approximate surface area is 152 Å². The summed E-state index contributed by atoms with van der Waals surface area (Å²) in [4.78, 5) is 13.3. The van der Waals surface area contributed by atoms with Crippen molar-refractivity contribution in [3.8, 4) is 0 Å². The second-order valence-electron chi connectivity index (χ2n) is 6.38. The first-order valence-electron chi connectivity index (χ1n) is 9.49. The lowest BCUT2D eigenvalue weighted by molar-refractivity contribution is 0.185. The number of fused-ring (bicyclic) bond motifs is 3. The Morgan fingerprint density at radius 3 is 2.96 bits per heavy atom. The number of aryl methyl sites for hydroxylation is 2. The first-order valence-corrected chi connectivity index (χ1v) is 8.90. The maximum atomic E-state index is 13.3. The predicted octanol–water partition coefficient (Wildman–Crippen LogP) is 3.61. The van der Waals surface area contributed by atoms with Gasteiger partial charge in [-0.05, 0) is 37.5 Å². The molecule has 6 heteroatoms. The van der Waals surface area contributed by atoms with Crippen molar-refractivity contribution in [1.29, 1.82) is 0 Å². The largest absolute Gasteiger partial charge is 0.379 e. The van der Waals surface area contributed by atoms with Crippen LogP contribution < -0.4 is 5.56 Å². The van der Waals surface area contributed by atoms with Crippen molar-refractivity contribution in [2.45, 2.75) is 31.1 Å². The summed E-state index contributed by atoms with van der Waals surface area (Å²) in [5.41, 5.74) is 1.68. The fraction of sp³-hybridized carbons (Fsp3) is 0.444. The van der Waals surface area contributed by atoms with Crippen LogP contribution in [0.2, 0.25) is 0 Å². The van der Waals surface area contributed by atoms with Crippen LogP contribution in [-0.4, -0.2) is 27.6 Å². The monoisotopic (exact) mass is 392 g/mol. The number of rotatable bonds is 2. The summed E-state index contributed by atoms with van der Waals surface area (Å²) in [5, 5.41) is 6.32. The molecule has 5 nitrogen and oxygen atoms in total. The van der Waals surface area contributed by atoms with Gasteiger partial charge in [-0.1, -0.05) is 22.0 Å². The van der Waals surface area contributed by atoms with Crippen LogP contribution in [0.25, 0.3) is 21.8 Å². The van der Waals surface area contributed by atoms with Crippen LogP contribution in [0, 0.1) is 6.92 Å². The summed E-state index contributed by atoms with van der Waals surface area (Å²) in [7, 11) is 0. The highest BCUT2D eigenvalue weighted by Crippen LogP contribution is 2.35. The molecule has 4 rings (SSSR count). The molecule has 3 heterocycles. The SMILES string of the molecule is [2H]C([2H])([2H])n1c(=O)c2cc(C)cc(C(C)Br)c2c2cnn([C@H]3CCOC3)c21. The fourth-order valence-electron chi connectivity index (χ4n) is 3.55. The Morgan fingerprint density at radius 2 is 2.29 bits per heavy atom. The summed E-state index contributed by atoms with van der Waals surface area (Å²) in [6.45, 7) is 2.34. The van der Waals surface area contributed by atoms with Gasteiger partial charge >= 0.3 is 0 Å². The minimum Gasteiger partial charge on any atom is -0.379 e. The minimum atomic E-state index is -2.61. The lowest BCUT2D eigenvalue weighted by Crippen LogP contribution is -2.22. The zero-order valence-electron chi connectivity index (χ0n) is 16.5.